The maximum Gasteiger partial charge on any atom is 0.312 e. The molecular formula is C21H36N2O5. The Morgan fingerprint density at radius 1 is 1.07 bits per heavy atom. The van der Waals surface area contributed by atoms with Gasteiger partial charge in [-0.05, 0) is 45.4 Å². The van der Waals surface area contributed by atoms with Crippen LogP contribution in [-0.4, -0.2) is 86.9 Å². The molecule has 1 amide bonds. The molecule has 0 saturated carbocycles. The predicted octanol–water partition coefficient (Wildman–Crippen LogP) is 1.84. The van der Waals surface area contributed by atoms with Crippen LogP contribution in [0.2, 0.25) is 0 Å². The molecule has 0 aromatic heterocycles. The molecule has 3 saturated heterocycles. The van der Waals surface area contributed by atoms with Crippen LogP contribution >= 0.6 is 0 Å². The first kappa shape index (κ1) is 21.5. The zero-order valence-corrected chi connectivity index (χ0v) is 17.3. The maximum atomic E-state index is 12.8. The lowest BCUT2D eigenvalue weighted by Gasteiger charge is -2.42. The van der Waals surface area contributed by atoms with Crippen LogP contribution in [0.3, 0.4) is 0 Å². The molecule has 3 rings (SSSR count). The third-order valence-corrected chi connectivity index (χ3v) is 6.42. The van der Waals surface area contributed by atoms with E-state index in [1.165, 1.54) is 0 Å². The molecule has 0 radical (unpaired) electrons. The van der Waals surface area contributed by atoms with Crippen molar-refractivity contribution in [3.05, 3.63) is 0 Å². The van der Waals surface area contributed by atoms with Gasteiger partial charge in [0, 0.05) is 45.8 Å². The van der Waals surface area contributed by atoms with Crippen LogP contribution in [0.5, 0.6) is 0 Å². The van der Waals surface area contributed by atoms with Crippen molar-refractivity contribution in [2.45, 2.75) is 58.0 Å². The standard InChI is InChI=1S/C21H36N2O5/c1-2-27-20(25)21(17-18-5-3-4-14-28-18)7-10-23(11-8-21)19(24)6-9-22-12-15-26-16-13-22/h18H,2-17H2,1H3. The fourth-order valence-corrected chi connectivity index (χ4v) is 4.60. The number of hydrogen-bond donors (Lipinski definition) is 0. The van der Waals surface area contributed by atoms with Gasteiger partial charge in [-0.25, -0.2) is 0 Å². The number of esters is 1. The van der Waals surface area contributed by atoms with Gasteiger partial charge >= 0.3 is 5.97 Å². The number of morpholine rings is 1. The van der Waals surface area contributed by atoms with Crippen LogP contribution in [0.4, 0.5) is 0 Å². The summed E-state index contributed by atoms with van der Waals surface area (Å²) in [6.45, 7) is 8.41. The molecule has 0 N–H and O–H groups in total. The van der Waals surface area contributed by atoms with Gasteiger partial charge in [0.25, 0.3) is 0 Å². The summed E-state index contributed by atoms with van der Waals surface area (Å²) < 4.78 is 16.7. The monoisotopic (exact) mass is 396 g/mol. The summed E-state index contributed by atoms with van der Waals surface area (Å²) in [4.78, 5) is 29.7. The number of hydrogen-bond acceptors (Lipinski definition) is 6. The molecule has 0 bridgehead atoms. The fraction of sp³-hybridized carbons (Fsp3) is 0.905. The van der Waals surface area contributed by atoms with Crippen LogP contribution in [-0.2, 0) is 23.8 Å². The van der Waals surface area contributed by atoms with E-state index >= 15 is 0 Å². The topological polar surface area (TPSA) is 68.3 Å². The Balaban J connectivity index is 1.52. The minimum absolute atomic E-state index is 0.107. The van der Waals surface area contributed by atoms with E-state index in [0.29, 0.717) is 39.0 Å². The Labute approximate surface area is 168 Å². The third kappa shape index (κ3) is 5.67. The van der Waals surface area contributed by atoms with Crippen molar-refractivity contribution in [1.29, 1.82) is 0 Å². The van der Waals surface area contributed by atoms with Crippen molar-refractivity contribution < 1.29 is 23.8 Å². The van der Waals surface area contributed by atoms with Crippen LogP contribution in [0, 0.1) is 5.41 Å². The molecule has 3 fully saturated rings. The van der Waals surface area contributed by atoms with Gasteiger partial charge < -0.3 is 19.1 Å². The zero-order chi connectivity index (χ0) is 19.8. The van der Waals surface area contributed by atoms with Crippen LogP contribution < -0.4 is 0 Å². The van der Waals surface area contributed by atoms with Gasteiger partial charge in [-0.3, -0.25) is 14.5 Å². The molecule has 160 valence electrons. The number of nitrogens with zero attached hydrogens (tertiary/aromatic N) is 2. The molecule has 0 aromatic rings. The first-order chi connectivity index (χ1) is 13.6. The van der Waals surface area contributed by atoms with E-state index < -0.39 is 5.41 Å². The normalized spacial score (nSPS) is 26.0. The van der Waals surface area contributed by atoms with Crippen molar-refractivity contribution in [3.63, 3.8) is 0 Å². The van der Waals surface area contributed by atoms with Crippen LogP contribution in [0.15, 0.2) is 0 Å². The summed E-state index contributed by atoms with van der Waals surface area (Å²) in [5, 5.41) is 0. The first-order valence-corrected chi connectivity index (χ1v) is 11.0. The molecule has 3 aliphatic heterocycles. The van der Waals surface area contributed by atoms with Crippen molar-refractivity contribution in [2.24, 2.45) is 5.41 Å². The molecule has 3 aliphatic rings. The first-order valence-electron chi connectivity index (χ1n) is 11.0. The lowest BCUT2D eigenvalue weighted by atomic mass is 9.73. The van der Waals surface area contributed by atoms with E-state index in [1.54, 1.807) is 0 Å². The third-order valence-electron chi connectivity index (χ3n) is 6.42. The Bertz CT molecular complexity index is 507. The molecule has 7 nitrogen and oxygen atoms in total. The Hall–Kier alpha value is -1.18. The van der Waals surface area contributed by atoms with Gasteiger partial charge in [-0.1, -0.05) is 0 Å². The second kappa shape index (κ2) is 10.6. The van der Waals surface area contributed by atoms with E-state index in [9.17, 15) is 9.59 Å². The molecule has 1 unspecified atom stereocenters. The molecule has 0 aliphatic carbocycles. The second-order valence-electron chi connectivity index (χ2n) is 8.28. The summed E-state index contributed by atoms with van der Waals surface area (Å²) >= 11 is 0. The van der Waals surface area contributed by atoms with Gasteiger partial charge in [0.2, 0.25) is 5.91 Å². The van der Waals surface area contributed by atoms with Gasteiger partial charge in [0.15, 0.2) is 0 Å². The number of carbonyl (C=O) groups is 2. The van der Waals surface area contributed by atoms with Gasteiger partial charge in [-0.2, -0.15) is 0 Å². The molecule has 3 heterocycles. The highest BCUT2D eigenvalue weighted by atomic mass is 16.5. The van der Waals surface area contributed by atoms with E-state index in [4.69, 9.17) is 14.2 Å². The van der Waals surface area contributed by atoms with E-state index in [0.717, 1.165) is 65.1 Å². The van der Waals surface area contributed by atoms with Crippen LogP contribution in [0.1, 0.15) is 51.9 Å². The zero-order valence-electron chi connectivity index (χ0n) is 17.3. The molecular weight excluding hydrogens is 360 g/mol. The molecule has 0 spiro atoms. The van der Waals surface area contributed by atoms with Crippen molar-refractivity contribution >= 4 is 11.9 Å². The average molecular weight is 397 g/mol. The van der Waals surface area contributed by atoms with Gasteiger partial charge in [-0.15, -0.1) is 0 Å². The SMILES string of the molecule is CCOC(=O)C1(CC2CCCCO2)CCN(C(=O)CCN2CCOCC2)CC1. The largest absolute Gasteiger partial charge is 0.466 e. The Morgan fingerprint density at radius 3 is 2.46 bits per heavy atom. The summed E-state index contributed by atoms with van der Waals surface area (Å²) in [5.41, 5.74) is -0.501. The highest BCUT2D eigenvalue weighted by molar-refractivity contribution is 5.79. The number of amides is 1. The summed E-state index contributed by atoms with van der Waals surface area (Å²) in [7, 11) is 0. The summed E-state index contributed by atoms with van der Waals surface area (Å²) in [6.07, 6.45) is 6.04. The Morgan fingerprint density at radius 2 is 1.82 bits per heavy atom. The summed E-state index contributed by atoms with van der Waals surface area (Å²) in [6, 6.07) is 0. The quantitative estimate of drug-likeness (QED) is 0.612. The molecule has 1 atom stereocenters. The number of likely N-dealkylation sites (tertiary alicyclic amines) is 1. The van der Waals surface area contributed by atoms with Crippen LogP contribution in [0.25, 0.3) is 0 Å². The molecule has 0 aromatic carbocycles. The Kier molecular flexibility index (Phi) is 8.11. The fourth-order valence-electron chi connectivity index (χ4n) is 4.60. The minimum atomic E-state index is -0.501. The predicted molar refractivity (Wildman–Crippen MR) is 105 cm³/mol. The maximum absolute atomic E-state index is 12.8. The lowest BCUT2D eigenvalue weighted by molar-refractivity contribution is -0.164. The number of carbonyl (C=O) groups excluding carboxylic acids is 2. The van der Waals surface area contributed by atoms with Gasteiger partial charge in [0.05, 0.1) is 31.3 Å². The van der Waals surface area contributed by atoms with E-state index in [2.05, 4.69) is 4.90 Å². The van der Waals surface area contributed by atoms with Crippen molar-refractivity contribution in [2.75, 3.05) is 59.2 Å². The minimum Gasteiger partial charge on any atom is -0.466 e. The average Bonchev–Trinajstić information content (AvgIpc) is 2.74. The summed E-state index contributed by atoms with van der Waals surface area (Å²) in [5.74, 6) is 0.0856. The number of ether oxygens (including phenoxy) is 3. The number of rotatable bonds is 7. The van der Waals surface area contributed by atoms with E-state index in [1.807, 2.05) is 11.8 Å². The van der Waals surface area contributed by atoms with E-state index in [-0.39, 0.29) is 18.0 Å². The smallest absolute Gasteiger partial charge is 0.312 e. The molecule has 7 heteroatoms. The highest BCUT2D eigenvalue weighted by Gasteiger charge is 2.45. The van der Waals surface area contributed by atoms with Crippen molar-refractivity contribution in [3.8, 4) is 0 Å². The highest BCUT2D eigenvalue weighted by Crippen LogP contribution is 2.40. The lowest BCUT2D eigenvalue weighted by Crippen LogP contribution is -2.49. The van der Waals surface area contributed by atoms with Crippen molar-refractivity contribution in [1.82, 2.24) is 9.80 Å². The van der Waals surface area contributed by atoms with Gasteiger partial charge in [0.1, 0.15) is 0 Å². The second-order valence-corrected chi connectivity index (χ2v) is 8.28. The molecule has 28 heavy (non-hydrogen) atoms. The number of piperidine rings is 1.